The van der Waals surface area contributed by atoms with E-state index in [1.165, 1.54) is 24.0 Å². The molecule has 0 aromatic heterocycles. The second-order valence-electron chi connectivity index (χ2n) is 6.70. The summed E-state index contributed by atoms with van der Waals surface area (Å²) < 4.78 is 6.13. The molecule has 2 rings (SSSR count). The van der Waals surface area contributed by atoms with Gasteiger partial charge in [0.1, 0.15) is 0 Å². The Morgan fingerprint density at radius 3 is 2.52 bits per heavy atom. The van der Waals surface area contributed by atoms with Gasteiger partial charge < -0.3 is 10.1 Å². The van der Waals surface area contributed by atoms with Gasteiger partial charge in [0, 0.05) is 7.11 Å². The molecule has 2 nitrogen and oxygen atoms in total. The standard InChI is InChI=1S/C19H31NO/c1-5-14-20-18(17-9-7-6-8-16(17)3)19(21-4)12-10-15(2)11-13-19/h6-9,15,18,20H,5,10-14H2,1-4H3. The van der Waals surface area contributed by atoms with E-state index in [4.69, 9.17) is 4.74 Å². The lowest BCUT2D eigenvalue weighted by Crippen LogP contribution is -2.48. The van der Waals surface area contributed by atoms with Gasteiger partial charge in [0.2, 0.25) is 0 Å². The van der Waals surface area contributed by atoms with Crippen molar-refractivity contribution in [2.24, 2.45) is 5.92 Å². The fourth-order valence-electron chi connectivity index (χ4n) is 3.64. The van der Waals surface area contributed by atoms with Crippen molar-refractivity contribution in [3.63, 3.8) is 0 Å². The Kier molecular flexibility index (Phi) is 5.83. The SMILES string of the molecule is CCCNC(c1ccccc1C)C1(OC)CCC(C)CC1. The van der Waals surface area contributed by atoms with Crippen LogP contribution < -0.4 is 5.32 Å². The number of hydrogen-bond donors (Lipinski definition) is 1. The van der Waals surface area contributed by atoms with Crippen LogP contribution in [0.15, 0.2) is 24.3 Å². The van der Waals surface area contributed by atoms with Crippen LogP contribution in [0, 0.1) is 12.8 Å². The maximum atomic E-state index is 6.13. The van der Waals surface area contributed by atoms with Gasteiger partial charge in [-0.15, -0.1) is 0 Å². The van der Waals surface area contributed by atoms with Gasteiger partial charge in [-0.25, -0.2) is 0 Å². The summed E-state index contributed by atoms with van der Waals surface area (Å²) in [5.74, 6) is 0.831. The molecule has 118 valence electrons. The molecule has 1 aromatic carbocycles. The van der Waals surface area contributed by atoms with Crippen molar-refractivity contribution >= 4 is 0 Å². The van der Waals surface area contributed by atoms with Crippen LogP contribution in [0.5, 0.6) is 0 Å². The van der Waals surface area contributed by atoms with Crippen molar-refractivity contribution < 1.29 is 4.74 Å². The molecule has 1 atom stereocenters. The number of benzene rings is 1. The number of nitrogens with one attached hydrogen (secondary N) is 1. The Balaban J connectivity index is 2.32. The zero-order valence-electron chi connectivity index (χ0n) is 14.1. The second kappa shape index (κ2) is 7.42. The van der Waals surface area contributed by atoms with Crippen molar-refractivity contribution in [3.05, 3.63) is 35.4 Å². The third-order valence-electron chi connectivity index (χ3n) is 5.15. The predicted molar refractivity (Wildman–Crippen MR) is 89.6 cm³/mol. The molecule has 0 amide bonds. The summed E-state index contributed by atoms with van der Waals surface area (Å²) in [6.45, 7) is 7.84. The Labute approximate surface area is 130 Å². The third kappa shape index (κ3) is 3.67. The maximum Gasteiger partial charge on any atom is 0.0872 e. The number of ether oxygens (including phenoxy) is 1. The zero-order chi connectivity index (χ0) is 15.3. The molecule has 0 heterocycles. The largest absolute Gasteiger partial charge is 0.376 e. The molecule has 0 spiro atoms. The van der Waals surface area contributed by atoms with Gasteiger partial charge in [-0.05, 0) is 62.6 Å². The molecule has 1 aromatic rings. The van der Waals surface area contributed by atoms with Gasteiger partial charge in [0.05, 0.1) is 11.6 Å². The van der Waals surface area contributed by atoms with E-state index in [0.29, 0.717) is 6.04 Å². The Morgan fingerprint density at radius 1 is 1.29 bits per heavy atom. The minimum atomic E-state index is -0.0478. The molecule has 1 N–H and O–H groups in total. The molecule has 2 heteroatoms. The first kappa shape index (κ1) is 16.5. The van der Waals surface area contributed by atoms with Crippen molar-refractivity contribution in [2.45, 2.75) is 64.5 Å². The summed E-state index contributed by atoms with van der Waals surface area (Å²) in [4.78, 5) is 0. The van der Waals surface area contributed by atoms with E-state index in [9.17, 15) is 0 Å². The average Bonchev–Trinajstić information content (AvgIpc) is 2.51. The zero-order valence-corrected chi connectivity index (χ0v) is 14.1. The highest BCUT2D eigenvalue weighted by molar-refractivity contribution is 5.31. The number of methoxy groups -OCH3 is 1. The third-order valence-corrected chi connectivity index (χ3v) is 5.15. The van der Waals surface area contributed by atoms with Gasteiger partial charge in [-0.3, -0.25) is 0 Å². The lowest BCUT2D eigenvalue weighted by Gasteiger charge is -2.45. The topological polar surface area (TPSA) is 21.3 Å². The van der Waals surface area contributed by atoms with E-state index in [-0.39, 0.29) is 5.60 Å². The smallest absolute Gasteiger partial charge is 0.0872 e. The van der Waals surface area contributed by atoms with Crippen molar-refractivity contribution in [1.82, 2.24) is 5.32 Å². The molecule has 1 aliphatic carbocycles. The summed E-state index contributed by atoms with van der Waals surface area (Å²) in [6, 6.07) is 9.05. The van der Waals surface area contributed by atoms with Crippen molar-refractivity contribution in [2.75, 3.05) is 13.7 Å². The molecular weight excluding hydrogens is 258 g/mol. The number of hydrogen-bond acceptors (Lipinski definition) is 2. The first-order chi connectivity index (χ1) is 10.1. The van der Waals surface area contributed by atoms with Gasteiger partial charge in [0.15, 0.2) is 0 Å². The van der Waals surface area contributed by atoms with Crippen LogP contribution in [-0.4, -0.2) is 19.3 Å². The van der Waals surface area contributed by atoms with Gasteiger partial charge in [0.25, 0.3) is 0 Å². The Bertz CT molecular complexity index is 435. The molecule has 0 saturated heterocycles. The molecule has 1 saturated carbocycles. The highest BCUT2D eigenvalue weighted by Gasteiger charge is 2.42. The van der Waals surface area contributed by atoms with Gasteiger partial charge in [-0.1, -0.05) is 38.1 Å². The lowest BCUT2D eigenvalue weighted by atomic mass is 9.72. The number of aryl methyl sites for hydroxylation is 1. The highest BCUT2D eigenvalue weighted by atomic mass is 16.5. The predicted octanol–water partition coefficient (Wildman–Crippen LogP) is 4.63. The summed E-state index contributed by atoms with van der Waals surface area (Å²) >= 11 is 0. The van der Waals surface area contributed by atoms with Crippen LogP contribution in [0.3, 0.4) is 0 Å². The fourth-order valence-corrected chi connectivity index (χ4v) is 3.64. The van der Waals surface area contributed by atoms with Crippen LogP contribution in [0.4, 0.5) is 0 Å². The molecular formula is C19H31NO. The molecule has 1 fully saturated rings. The Hall–Kier alpha value is -0.860. The van der Waals surface area contributed by atoms with Crippen molar-refractivity contribution in [1.29, 1.82) is 0 Å². The fraction of sp³-hybridized carbons (Fsp3) is 0.684. The average molecular weight is 289 g/mol. The monoisotopic (exact) mass is 289 g/mol. The van der Waals surface area contributed by atoms with E-state index >= 15 is 0 Å². The van der Waals surface area contributed by atoms with Crippen LogP contribution in [0.25, 0.3) is 0 Å². The molecule has 0 aliphatic heterocycles. The molecule has 21 heavy (non-hydrogen) atoms. The van der Waals surface area contributed by atoms with Crippen LogP contribution in [-0.2, 0) is 4.74 Å². The van der Waals surface area contributed by atoms with E-state index in [1.807, 2.05) is 7.11 Å². The van der Waals surface area contributed by atoms with E-state index in [2.05, 4.69) is 50.4 Å². The molecule has 1 unspecified atom stereocenters. The maximum absolute atomic E-state index is 6.13. The van der Waals surface area contributed by atoms with E-state index in [1.54, 1.807) is 0 Å². The first-order valence-electron chi connectivity index (χ1n) is 8.47. The molecule has 1 aliphatic rings. The van der Waals surface area contributed by atoms with Gasteiger partial charge in [-0.2, -0.15) is 0 Å². The van der Waals surface area contributed by atoms with E-state index in [0.717, 1.165) is 31.7 Å². The molecule has 0 radical (unpaired) electrons. The molecule has 0 bridgehead atoms. The minimum Gasteiger partial charge on any atom is -0.376 e. The summed E-state index contributed by atoms with van der Waals surface area (Å²) in [7, 11) is 1.90. The van der Waals surface area contributed by atoms with Crippen LogP contribution in [0.2, 0.25) is 0 Å². The normalized spacial score (nSPS) is 27.5. The van der Waals surface area contributed by atoms with Crippen molar-refractivity contribution in [3.8, 4) is 0 Å². The van der Waals surface area contributed by atoms with Gasteiger partial charge >= 0.3 is 0 Å². The number of rotatable bonds is 6. The van der Waals surface area contributed by atoms with Crippen LogP contribution in [0.1, 0.15) is 63.1 Å². The minimum absolute atomic E-state index is 0.0478. The first-order valence-corrected chi connectivity index (χ1v) is 8.47. The van der Waals surface area contributed by atoms with E-state index < -0.39 is 0 Å². The Morgan fingerprint density at radius 2 is 1.95 bits per heavy atom. The highest BCUT2D eigenvalue weighted by Crippen LogP contribution is 2.43. The summed E-state index contributed by atoms with van der Waals surface area (Å²) in [5.41, 5.74) is 2.72. The van der Waals surface area contributed by atoms with Crippen LogP contribution >= 0.6 is 0 Å². The summed E-state index contributed by atoms with van der Waals surface area (Å²) in [5, 5.41) is 3.78. The second-order valence-corrected chi connectivity index (χ2v) is 6.70. The lowest BCUT2D eigenvalue weighted by molar-refractivity contribution is -0.0761. The summed E-state index contributed by atoms with van der Waals surface area (Å²) in [6.07, 6.45) is 5.99. The quantitative estimate of drug-likeness (QED) is 0.824.